The Morgan fingerprint density at radius 3 is 2.62 bits per heavy atom. The Bertz CT molecular complexity index is 645. The largest absolute Gasteiger partial charge is 0.0906 e. The molecule has 0 spiro atoms. The number of hydrogen-bond donors (Lipinski definition) is 0. The van der Waals surface area contributed by atoms with E-state index in [1.807, 2.05) is 6.07 Å². The molecule has 0 N–H and O–H groups in total. The molecule has 3 rings (SSSR count). The lowest BCUT2D eigenvalue weighted by molar-refractivity contribution is 0.534. The molecule has 1 aliphatic carbocycles. The molecule has 2 atom stereocenters. The van der Waals surface area contributed by atoms with Gasteiger partial charge in [-0.3, -0.25) is 0 Å². The highest BCUT2D eigenvalue weighted by Crippen LogP contribution is 2.31. The Balaban J connectivity index is 1.71. The summed E-state index contributed by atoms with van der Waals surface area (Å²) in [6.07, 6.45) is 4.31. The van der Waals surface area contributed by atoms with Crippen LogP contribution in [0.2, 0.25) is 0 Å². The summed E-state index contributed by atoms with van der Waals surface area (Å²) in [4.78, 5) is 2.94. The van der Waals surface area contributed by atoms with Crippen LogP contribution in [0.25, 0.3) is 21.6 Å². The standard InChI is InChI=1S/C18H19N3/c19-21-20-18-10-9-15(13-18)11-14-5-4-8-17(12-14)16-6-2-1-3-7-16/h1-8,12,15,18H,9-11,13H2/t15-,18+/m1/s1. The molecular weight excluding hydrogens is 258 g/mol. The average molecular weight is 277 g/mol. The van der Waals surface area contributed by atoms with Crippen LogP contribution in [0.15, 0.2) is 59.7 Å². The second-order valence-electron chi connectivity index (χ2n) is 5.81. The maximum absolute atomic E-state index is 8.52. The van der Waals surface area contributed by atoms with Gasteiger partial charge in [0.2, 0.25) is 0 Å². The first-order valence-electron chi connectivity index (χ1n) is 7.54. The molecule has 1 fully saturated rings. The van der Waals surface area contributed by atoms with Crippen molar-refractivity contribution in [1.82, 2.24) is 0 Å². The van der Waals surface area contributed by atoms with Crippen LogP contribution in [-0.2, 0) is 6.42 Å². The predicted molar refractivity (Wildman–Crippen MR) is 85.9 cm³/mol. The van der Waals surface area contributed by atoms with Gasteiger partial charge in [-0.05, 0) is 53.8 Å². The lowest BCUT2D eigenvalue weighted by Gasteiger charge is -2.11. The third-order valence-electron chi connectivity index (χ3n) is 4.29. The third-order valence-corrected chi connectivity index (χ3v) is 4.29. The van der Waals surface area contributed by atoms with Gasteiger partial charge < -0.3 is 0 Å². The van der Waals surface area contributed by atoms with Gasteiger partial charge in [-0.1, -0.05) is 59.7 Å². The van der Waals surface area contributed by atoms with Crippen LogP contribution < -0.4 is 0 Å². The van der Waals surface area contributed by atoms with E-state index in [-0.39, 0.29) is 6.04 Å². The lowest BCUT2D eigenvalue weighted by Crippen LogP contribution is -2.02. The van der Waals surface area contributed by atoms with E-state index in [0.717, 1.165) is 19.3 Å². The van der Waals surface area contributed by atoms with Crippen molar-refractivity contribution in [3.05, 3.63) is 70.6 Å². The van der Waals surface area contributed by atoms with Gasteiger partial charge in [0.25, 0.3) is 0 Å². The van der Waals surface area contributed by atoms with E-state index in [4.69, 9.17) is 5.53 Å². The maximum Gasteiger partial charge on any atom is 0.0377 e. The fraction of sp³-hybridized carbons (Fsp3) is 0.333. The van der Waals surface area contributed by atoms with Gasteiger partial charge in [0.05, 0.1) is 0 Å². The van der Waals surface area contributed by atoms with Crippen LogP contribution in [0.1, 0.15) is 24.8 Å². The smallest absolute Gasteiger partial charge is 0.0377 e. The van der Waals surface area contributed by atoms with Crippen LogP contribution in [0.3, 0.4) is 0 Å². The molecule has 0 radical (unpaired) electrons. The van der Waals surface area contributed by atoms with Crippen LogP contribution >= 0.6 is 0 Å². The Hall–Kier alpha value is -2.25. The summed E-state index contributed by atoms with van der Waals surface area (Å²) < 4.78 is 0. The number of nitrogens with zero attached hydrogens (tertiary/aromatic N) is 3. The molecule has 106 valence electrons. The molecule has 0 aromatic heterocycles. The number of rotatable bonds is 4. The molecule has 0 unspecified atom stereocenters. The predicted octanol–water partition coefficient (Wildman–Crippen LogP) is 5.38. The summed E-state index contributed by atoms with van der Waals surface area (Å²) >= 11 is 0. The first-order valence-corrected chi connectivity index (χ1v) is 7.54. The Morgan fingerprint density at radius 1 is 1.00 bits per heavy atom. The number of azide groups is 1. The van der Waals surface area contributed by atoms with Gasteiger partial charge in [-0.25, -0.2) is 0 Å². The highest BCUT2D eigenvalue weighted by molar-refractivity contribution is 5.63. The topological polar surface area (TPSA) is 48.8 Å². The van der Waals surface area contributed by atoms with Crippen molar-refractivity contribution in [2.45, 2.75) is 31.7 Å². The Labute approximate surface area is 125 Å². The quantitative estimate of drug-likeness (QED) is 0.409. The van der Waals surface area contributed by atoms with E-state index in [1.165, 1.54) is 23.1 Å². The fourth-order valence-electron chi connectivity index (χ4n) is 3.25. The molecule has 2 aromatic carbocycles. The summed E-state index contributed by atoms with van der Waals surface area (Å²) in [7, 11) is 0. The van der Waals surface area contributed by atoms with Crippen LogP contribution in [0, 0.1) is 5.92 Å². The van der Waals surface area contributed by atoms with Crippen molar-refractivity contribution < 1.29 is 0 Å². The highest BCUT2D eigenvalue weighted by atomic mass is 15.1. The van der Waals surface area contributed by atoms with Crippen molar-refractivity contribution in [3.63, 3.8) is 0 Å². The highest BCUT2D eigenvalue weighted by Gasteiger charge is 2.23. The zero-order valence-electron chi connectivity index (χ0n) is 12.0. The van der Waals surface area contributed by atoms with Gasteiger partial charge in [0.15, 0.2) is 0 Å². The van der Waals surface area contributed by atoms with Crippen molar-refractivity contribution in [3.8, 4) is 11.1 Å². The molecule has 0 amide bonds. The molecule has 1 saturated carbocycles. The summed E-state index contributed by atoms with van der Waals surface area (Å²) in [5.74, 6) is 0.645. The van der Waals surface area contributed by atoms with Gasteiger partial charge in [-0.2, -0.15) is 0 Å². The minimum Gasteiger partial charge on any atom is -0.0906 e. The number of hydrogen-bond acceptors (Lipinski definition) is 1. The third kappa shape index (κ3) is 3.45. The molecule has 0 aliphatic heterocycles. The first-order chi connectivity index (χ1) is 10.3. The minimum absolute atomic E-state index is 0.206. The second kappa shape index (κ2) is 6.47. The molecule has 0 saturated heterocycles. The van der Waals surface area contributed by atoms with Gasteiger partial charge in [0.1, 0.15) is 0 Å². The van der Waals surface area contributed by atoms with E-state index < -0.39 is 0 Å². The zero-order valence-corrected chi connectivity index (χ0v) is 12.0. The maximum atomic E-state index is 8.52. The Morgan fingerprint density at radius 2 is 1.81 bits per heavy atom. The lowest BCUT2D eigenvalue weighted by atomic mass is 9.95. The summed E-state index contributed by atoms with van der Waals surface area (Å²) in [5, 5.41) is 3.86. The monoisotopic (exact) mass is 277 g/mol. The van der Waals surface area contributed by atoms with E-state index in [9.17, 15) is 0 Å². The van der Waals surface area contributed by atoms with Crippen molar-refractivity contribution in [1.29, 1.82) is 0 Å². The van der Waals surface area contributed by atoms with Crippen LogP contribution in [0.5, 0.6) is 0 Å². The SMILES string of the molecule is [N-]=[N+]=N[C@H]1CC[C@H](Cc2cccc(-c3ccccc3)c2)C1. The minimum atomic E-state index is 0.206. The molecular formula is C18H19N3. The summed E-state index contributed by atoms with van der Waals surface area (Å²) in [6, 6.07) is 19.5. The van der Waals surface area contributed by atoms with Crippen LogP contribution in [0.4, 0.5) is 0 Å². The molecule has 1 aliphatic rings. The first kappa shape index (κ1) is 13.7. The molecule has 3 heteroatoms. The van der Waals surface area contributed by atoms with E-state index >= 15 is 0 Å². The van der Waals surface area contributed by atoms with E-state index in [2.05, 4.69) is 58.6 Å². The molecule has 0 heterocycles. The zero-order chi connectivity index (χ0) is 14.5. The summed E-state index contributed by atoms with van der Waals surface area (Å²) in [5.41, 5.74) is 12.4. The molecule has 3 nitrogen and oxygen atoms in total. The van der Waals surface area contributed by atoms with Crippen molar-refractivity contribution in [2.24, 2.45) is 11.0 Å². The normalized spacial score (nSPS) is 21.0. The summed E-state index contributed by atoms with van der Waals surface area (Å²) in [6.45, 7) is 0. The van der Waals surface area contributed by atoms with Gasteiger partial charge in [-0.15, -0.1) is 0 Å². The number of benzene rings is 2. The second-order valence-corrected chi connectivity index (χ2v) is 5.81. The van der Waals surface area contributed by atoms with Crippen molar-refractivity contribution in [2.75, 3.05) is 0 Å². The Kier molecular flexibility index (Phi) is 4.23. The molecule has 2 aromatic rings. The van der Waals surface area contributed by atoms with Crippen LogP contribution in [-0.4, -0.2) is 6.04 Å². The average Bonchev–Trinajstić information content (AvgIpc) is 2.96. The van der Waals surface area contributed by atoms with Gasteiger partial charge in [0, 0.05) is 11.0 Å². The fourth-order valence-corrected chi connectivity index (χ4v) is 3.25. The van der Waals surface area contributed by atoms with E-state index in [1.54, 1.807) is 0 Å². The van der Waals surface area contributed by atoms with Crippen molar-refractivity contribution >= 4 is 0 Å². The molecule has 0 bridgehead atoms. The van der Waals surface area contributed by atoms with Gasteiger partial charge >= 0.3 is 0 Å². The van der Waals surface area contributed by atoms with E-state index in [0.29, 0.717) is 5.92 Å². The molecule has 21 heavy (non-hydrogen) atoms.